The number of hydrogen-bond donors (Lipinski definition) is 2. The Balaban J connectivity index is 0.00000306. The van der Waals surface area contributed by atoms with Crippen LogP contribution in [0.25, 0.3) is 11.5 Å². The summed E-state index contributed by atoms with van der Waals surface area (Å²) in [6.45, 7) is 1.68. The number of guanidine groups is 1. The number of benzene rings is 2. The zero-order chi connectivity index (χ0) is 22.2. The fourth-order valence-electron chi connectivity index (χ4n) is 3.23. The highest BCUT2D eigenvalue weighted by atomic mass is 127. The highest BCUT2D eigenvalue weighted by Gasteiger charge is 2.07. The standard InChI is InChI=1S/C25H25N5O2.HI/c1-26-25(28-16-22-18-32-24(29-22)21-7-3-2-4-8-21)27-15-19-10-12-20(13-11-19)17-30-14-6-5-9-23(30)31;/h2-14,18H,15-17H2,1H3,(H2,26,27,28);1H. The van der Waals surface area contributed by atoms with Crippen LogP contribution in [0.5, 0.6) is 0 Å². The first-order valence-electron chi connectivity index (χ1n) is 10.4. The summed E-state index contributed by atoms with van der Waals surface area (Å²) in [4.78, 5) is 20.6. The molecule has 0 radical (unpaired) electrons. The van der Waals surface area contributed by atoms with Crippen molar-refractivity contribution in [2.75, 3.05) is 7.05 Å². The van der Waals surface area contributed by atoms with Crippen molar-refractivity contribution < 1.29 is 4.42 Å². The quantitative estimate of drug-likeness (QED) is 0.205. The van der Waals surface area contributed by atoms with E-state index < -0.39 is 0 Å². The summed E-state index contributed by atoms with van der Waals surface area (Å²) in [7, 11) is 1.73. The molecule has 4 rings (SSSR count). The van der Waals surface area contributed by atoms with Gasteiger partial charge in [-0.3, -0.25) is 9.79 Å². The molecule has 0 aliphatic rings. The van der Waals surface area contributed by atoms with Crippen molar-refractivity contribution in [3.8, 4) is 11.5 Å². The third-order valence-electron chi connectivity index (χ3n) is 4.97. The number of aliphatic imine (C=N–C) groups is 1. The van der Waals surface area contributed by atoms with E-state index in [1.165, 1.54) is 0 Å². The van der Waals surface area contributed by atoms with Gasteiger partial charge in [0.2, 0.25) is 5.89 Å². The Bertz CT molecular complexity index is 1230. The number of pyridine rings is 1. The van der Waals surface area contributed by atoms with Crippen molar-refractivity contribution in [3.63, 3.8) is 0 Å². The average Bonchev–Trinajstić information content (AvgIpc) is 3.31. The van der Waals surface area contributed by atoms with Crippen LogP contribution in [0.1, 0.15) is 16.8 Å². The van der Waals surface area contributed by atoms with Crippen LogP contribution < -0.4 is 16.2 Å². The molecule has 0 amide bonds. The Morgan fingerprint density at radius 3 is 2.36 bits per heavy atom. The molecule has 0 saturated heterocycles. The molecule has 2 aromatic carbocycles. The zero-order valence-corrected chi connectivity index (χ0v) is 20.6. The monoisotopic (exact) mass is 555 g/mol. The summed E-state index contributed by atoms with van der Waals surface area (Å²) < 4.78 is 7.26. The van der Waals surface area contributed by atoms with E-state index in [9.17, 15) is 4.79 Å². The predicted molar refractivity (Wildman–Crippen MR) is 141 cm³/mol. The van der Waals surface area contributed by atoms with Crippen molar-refractivity contribution in [2.24, 2.45) is 4.99 Å². The fourth-order valence-corrected chi connectivity index (χ4v) is 3.23. The van der Waals surface area contributed by atoms with Crippen molar-refractivity contribution >= 4 is 29.9 Å². The van der Waals surface area contributed by atoms with Crippen LogP contribution in [-0.4, -0.2) is 22.6 Å². The summed E-state index contributed by atoms with van der Waals surface area (Å²) in [5.74, 6) is 1.28. The van der Waals surface area contributed by atoms with E-state index >= 15 is 0 Å². The number of nitrogens with zero attached hydrogens (tertiary/aromatic N) is 3. The second-order valence-corrected chi connectivity index (χ2v) is 7.27. The van der Waals surface area contributed by atoms with Crippen molar-refractivity contribution in [2.45, 2.75) is 19.6 Å². The van der Waals surface area contributed by atoms with Crippen molar-refractivity contribution in [1.82, 2.24) is 20.2 Å². The summed E-state index contributed by atoms with van der Waals surface area (Å²) >= 11 is 0. The number of nitrogens with one attached hydrogen (secondary N) is 2. The van der Waals surface area contributed by atoms with Gasteiger partial charge in [-0.15, -0.1) is 24.0 Å². The van der Waals surface area contributed by atoms with Crippen molar-refractivity contribution in [3.05, 3.63) is 112 Å². The number of halogens is 1. The van der Waals surface area contributed by atoms with E-state index in [-0.39, 0.29) is 29.5 Å². The molecule has 2 N–H and O–H groups in total. The van der Waals surface area contributed by atoms with Gasteiger partial charge in [0.05, 0.1) is 18.8 Å². The maximum atomic E-state index is 11.9. The fraction of sp³-hybridized carbons (Fsp3) is 0.160. The summed E-state index contributed by atoms with van der Waals surface area (Å²) in [6.07, 6.45) is 3.45. The summed E-state index contributed by atoms with van der Waals surface area (Å²) in [5, 5.41) is 6.55. The highest BCUT2D eigenvalue weighted by Crippen LogP contribution is 2.17. The Labute approximate surface area is 209 Å². The summed E-state index contributed by atoms with van der Waals surface area (Å²) in [5.41, 5.74) is 3.93. The average molecular weight is 555 g/mol. The molecule has 0 bridgehead atoms. The molecule has 0 aliphatic carbocycles. The second kappa shape index (κ2) is 12.0. The smallest absolute Gasteiger partial charge is 0.250 e. The molecule has 4 aromatic rings. The Hall–Kier alpha value is -3.40. The molecular weight excluding hydrogens is 529 g/mol. The predicted octanol–water partition coefficient (Wildman–Crippen LogP) is 4.03. The number of rotatable bonds is 7. The minimum Gasteiger partial charge on any atom is -0.444 e. The lowest BCUT2D eigenvalue weighted by molar-refractivity contribution is 0.572. The maximum Gasteiger partial charge on any atom is 0.250 e. The van der Waals surface area contributed by atoms with Gasteiger partial charge >= 0.3 is 0 Å². The highest BCUT2D eigenvalue weighted by molar-refractivity contribution is 14.0. The lowest BCUT2D eigenvalue weighted by atomic mass is 10.1. The van der Waals surface area contributed by atoms with Crippen LogP contribution >= 0.6 is 24.0 Å². The molecular formula is C25H26IN5O2. The van der Waals surface area contributed by atoms with Crippen LogP contribution in [0.15, 0.2) is 99.5 Å². The van der Waals surface area contributed by atoms with Gasteiger partial charge in [0, 0.05) is 31.4 Å². The molecule has 33 heavy (non-hydrogen) atoms. The third kappa shape index (κ3) is 6.79. The van der Waals surface area contributed by atoms with E-state index in [0.29, 0.717) is 31.5 Å². The Morgan fingerprint density at radius 2 is 1.64 bits per heavy atom. The molecule has 7 nitrogen and oxygen atoms in total. The van der Waals surface area contributed by atoms with Gasteiger partial charge in [0.25, 0.3) is 5.56 Å². The lowest BCUT2D eigenvalue weighted by Crippen LogP contribution is -2.36. The van der Waals surface area contributed by atoms with Gasteiger partial charge in [-0.1, -0.05) is 48.5 Å². The molecule has 2 aromatic heterocycles. The normalized spacial score (nSPS) is 11.0. The van der Waals surface area contributed by atoms with Gasteiger partial charge < -0.3 is 19.6 Å². The molecule has 170 valence electrons. The van der Waals surface area contributed by atoms with Crippen LogP contribution in [-0.2, 0) is 19.6 Å². The lowest BCUT2D eigenvalue weighted by Gasteiger charge is -2.11. The van der Waals surface area contributed by atoms with E-state index in [0.717, 1.165) is 22.4 Å². The van der Waals surface area contributed by atoms with E-state index in [2.05, 4.69) is 20.6 Å². The minimum absolute atomic E-state index is 0. The Morgan fingerprint density at radius 1 is 0.939 bits per heavy atom. The summed E-state index contributed by atoms with van der Waals surface area (Å²) in [6, 6.07) is 23.1. The zero-order valence-electron chi connectivity index (χ0n) is 18.3. The van der Waals surface area contributed by atoms with Crippen LogP contribution in [0.4, 0.5) is 0 Å². The topological polar surface area (TPSA) is 84.5 Å². The molecule has 0 atom stereocenters. The first-order chi connectivity index (χ1) is 15.7. The van der Waals surface area contributed by atoms with E-state index in [1.54, 1.807) is 36.2 Å². The minimum atomic E-state index is -0.00359. The molecule has 0 spiro atoms. The van der Waals surface area contributed by atoms with Crippen LogP contribution in [0.2, 0.25) is 0 Å². The van der Waals surface area contributed by atoms with E-state index in [1.807, 2.05) is 60.7 Å². The van der Waals surface area contributed by atoms with Crippen LogP contribution in [0, 0.1) is 0 Å². The molecule has 0 saturated carbocycles. The first kappa shape index (κ1) is 24.2. The largest absolute Gasteiger partial charge is 0.444 e. The molecule has 2 heterocycles. The number of hydrogen-bond acceptors (Lipinski definition) is 4. The SMILES string of the molecule is CN=C(NCc1ccc(Cn2ccccc2=O)cc1)NCc1coc(-c2ccccc2)n1.I. The number of oxazole rings is 1. The van der Waals surface area contributed by atoms with Gasteiger partial charge in [-0.05, 0) is 29.3 Å². The molecule has 8 heteroatoms. The third-order valence-corrected chi connectivity index (χ3v) is 4.97. The molecule has 0 fully saturated rings. The molecule has 0 unspecified atom stereocenters. The second-order valence-electron chi connectivity index (χ2n) is 7.27. The van der Waals surface area contributed by atoms with Crippen molar-refractivity contribution in [1.29, 1.82) is 0 Å². The Kier molecular flexibility index (Phi) is 8.82. The number of aromatic nitrogens is 2. The van der Waals surface area contributed by atoms with Gasteiger partial charge in [-0.2, -0.15) is 0 Å². The van der Waals surface area contributed by atoms with E-state index in [4.69, 9.17) is 4.42 Å². The van der Waals surface area contributed by atoms with Gasteiger partial charge in [0.1, 0.15) is 6.26 Å². The first-order valence-corrected chi connectivity index (χ1v) is 10.4. The van der Waals surface area contributed by atoms with Gasteiger partial charge in [-0.25, -0.2) is 4.98 Å². The maximum absolute atomic E-state index is 11.9. The van der Waals surface area contributed by atoms with Crippen LogP contribution in [0.3, 0.4) is 0 Å². The van der Waals surface area contributed by atoms with Gasteiger partial charge in [0.15, 0.2) is 5.96 Å². The molecule has 0 aliphatic heterocycles.